The molecule has 0 spiro atoms. The van der Waals surface area contributed by atoms with Crippen molar-refractivity contribution in [3.63, 3.8) is 0 Å². The maximum absolute atomic E-state index is 12.1. The Morgan fingerprint density at radius 2 is 1.48 bits per heavy atom. The van der Waals surface area contributed by atoms with Gasteiger partial charge in [0.05, 0.1) is 5.75 Å². The highest BCUT2D eigenvalue weighted by Gasteiger charge is 2.19. The largest absolute Gasteiger partial charge is 0.508 e. The van der Waals surface area contributed by atoms with Crippen molar-refractivity contribution in [2.45, 2.75) is 11.3 Å². The molecule has 2 rings (SSSR count). The monoisotopic (exact) mass is 310 g/mol. The number of hydrogen-bond acceptors (Lipinski definition) is 6. The van der Waals surface area contributed by atoms with Gasteiger partial charge in [0.2, 0.25) is 0 Å². The number of sulfone groups is 1. The predicted octanol–water partition coefficient (Wildman–Crippen LogP) is 1.53. The summed E-state index contributed by atoms with van der Waals surface area (Å²) in [5.74, 6) is -1.61. The van der Waals surface area contributed by atoms with Gasteiger partial charge in [-0.15, -0.1) is 0 Å². The van der Waals surface area contributed by atoms with E-state index in [1.165, 1.54) is 24.3 Å². The van der Waals surface area contributed by atoms with Crippen molar-refractivity contribution in [1.29, 1.82) is 0 Å². The molecule has 0 aliphatic rings. The van der Waals surface area contributed by atoms with Crippen molar-refractivity contribution in [3.8, 4) is 23.0 Å². The van der Waals surface area contributed by atoms with Gasteiger partial charge in [-0.3, -0.25) is 0 Å². The van der Waals surface area contributed by atoms with E-state index in [2.05, 4.69) is 0 Å². The van der Waals surface area contributed by atoms with Gasteiger partial charge in [0, 0.05) is 6.07 Å². The third-order valence-electron chi connectivity index (χ3n) is 2.98. The molecule has 0 heterocycles. The molecule has 0 aliphatic carbocycles. The fourth-order valence-electron chi connectivity index (χ4n) is 1.84. The third kappa shape index (κ3) is 3.38. The van der Waals surface area contributed by atoms with Crippen LogP contribution in [-0.4, -0.2) is 34.6 Å². The lowest BCUT2D eigenvalue weighted by Gasteiger charge is -2.08. The van der Waals surface area contributed by atoms with Crippen LogP contribution in [0.3, 0.4) is 0 Å². The molecule has 0 amide bonds. The van der Waals surface area contributed by atoms with E-state index in [4.69, 9.17) is 0 Å². The summed E-state index contributed by atoms with van der Waals surface area (Å²) in [7, 11) is -3.79. The van der Waals surface area contributed by atoms with Crippen LogP contribution in [0.1, 0.15) is 5.56 Å². The Morgan fingerprint density at radius 3 is 2.14 bits per heavy atom. The van der Waals surface area contributed by atoms with Crippen LogP contribution in [0, 0.1) is 0 Å². The first-order chi connectivity index (χ1) is 9.79. The Morgan fingerprint density at radius 1 is 0.810 bits per heavy atom. The smallest absolute Gasteiger partial charge is 0.182 e. The molecular weight excluding hydrogens is 296 g/mol. The molecule has 6 nitrogen and oxygen atoms in total. The van der Waals surface area contributed by atoms with Crippen LogP contribution in [0.25, 0.3) is 0 Å². The molecule has 0 atom stereocenters. The zero-order valence-electron chi connectivity index (χ0n) is 10.9. The van der Waals surface area contributed by atoms with Crippen molar-refractivity contribution in [2.24, 2.45) is 0 Å². The molecule has 0 bridgehead atoms. The number of benzene rings is 2. The van der Waals surface area contributed by atoms with Gasteiger partial charge in [-0.2, -0.15) is 0 Å². The van der Waals surface area contributed by atoms with E-state index >= 15 is 0 Å². The predicted molar refractivity (Wildman–Crippen MR) is 75.3 cm³/mol. The first-order valence-electron chi connectivity index (χ1n) is 6.05. The van der Waals surface area contributed by atoms with Gasteiger partial charge < -0.3 is 20.4 Å². The van der Waals surface area contributed by atoms with Gasteiger partial charge >= 0.3 is 0 Å². The summed E-state index contributed by atoms with van der Waals surface area (Å²) < 4.78 is 24.3. The number of aromatic hydroxyl groups is 4. The summed E-state index contributed by atoms with van der Waals surface area (Å²) in [6.45, 7) is 0. The van der Waals surface area contributed by atoms with Crippen LogP contribution in [0.5, 0.6) is 23.0 Å². The first kappa shape index (κ1) is 15.0. The molecule has 4 N–H and O–H groups in total. The summed E-state index contributed by atoms with van der Waals surface area (Å²) in [6, 6.07) is 7.31. The van der Waals surface area contributed by atoms with Crippen molar-refractivity contribution in [1.82, 2.24) is 0 Å². The van der Waals surface area contributed by atoms with Crippen LogP contribution in [0.4, 0.5) is 0 Å². The molecule has 0 saturated carbocycles. The van der Waals surface area contributed by atoms with E-state index in [9.17, 15) is 28.8 Å². The van der Waals surface area contributed by atoms with E-state index in [0.29, 0.717) is 5.56 Å². The second kappa shape index (κ2) is 5.53. The van der Waals surface area contributed by atoms with Crippen LogP contribution in [0.2, 0.25) is 0 Å². The number of rotatable bonds is 4. The number of phenols is 4. The van der Waals surface area contributed by atoms with Crippen LogP contribution in [0.15, 0.2) is 41.3 Å². The summed E-state index contributed by atoms with van der Waals surface area (Å²) >= 11 is 0. The SMILES string of the molecule is O=S(=O)(CCc1ccc(O)c(O)c1)c1cc(O)ccc1O. The fraction of sp³-hybridized carbons (Fsp3) is 0.143. The molecule has 0 saturated heterocycles. The number of hydrogen-bond donors (Lipinski definition) is 4. The summed E-state index contributed by atoms with van der Waals surface area (Å²) in [6.07, 6.45) is 0.0886. The number of aryl methyl sites for hydroxylation is 1. The highest BCUT2D eigenvalue weighted by atomic mass is 32.2. The molecule has 2 aromatic rings. The minimum absolute atomic E-state index is 0.0886. The molecule has 21 heavy (non-hydrogen) atoms. The number of phenolic OH excluding ortho intramolecular Hbond substituents is 4. The Labute approximate surface area is 121 Å². The van der Waals surface area contributed by atoms with Crippen LogP contribution >= 0.6 is 0 Å². The molecule has 0 fully saturated rings. The summed E-state index contributed by atoms with van der Waals surface area (Å²) in [5, 5.41) is 37.4. The zero-order valence-corrected chi connectivity index (χ0v) is 11.7. The van der Waals surface area contributed by atoms with Crippen LogP contribution < -0.4 is 0 Å². The Kier molecular flexibility index (Phi) is 3.95. The lowest BCUT2D eigenvalue weighted by atomic mass is 10.1. The van der Waals surface area contributed by atoms with E-state index < -0.39 is 15.6 Å². The minimum atomic E-state index is -3.79. The van der Waals surface area contributed by atoms with Gasteiger partial charge in [0.25, 0.3) is 0 Å². The zero-order chi connectivity index (χ0) is 15.6. The van der Waals surface area contributed by atoms with Gasteiger partial charge in [-0.1, -0.05) is 6.07 Å². The van der Waals surface area contributed by atoms with Gasteiger partial charge in [0.15, 0.2) is 21.3 Å². The molecule has 112 valence electrons. The Balaban J connectivity index is 2.21. The quantitative estimate of drug-likeness (QED) is 0.503. The van der Waals surface area contributed by atoms with Crippen molar-refractivity contribution in [3.05, 3.63) is 42.0 Å². The van der Waals surface area contributed by atoms with E-state index in [1.807, 2.05) is 0 Å². The second-order valence-corrected chi connectivity index (χ2v) is 6.62. The minimum Gasteiger partial charge on any atom is -0.508 e. The van der Waals surface area contributed by atoms with Crippen molar-refractivity contribution in [2.75, 3.05) is 5.75 Å². The maximum Gasteiger partial charge on any atom is 0.182 e. The van der Waals surface area contributed by atoms with Gasteiger partial charge in [-0.25, -0.2) is 8.42 Å². The van der Waals surface area contributed by atoms with E-state index in [-0.39, 0.29) is 34.3 Å². The van der Waals surface area contributed by atoms with Crippen LogP contribution in [-0.2, 0) is 16.3 Å². The molecule has 0 radical (unpaired) electrons. The highest BCUT2D eigenvalue weighted by Crippen LogP contribution is 2.29. The van der Waals surface area contributed by atoms with E-state index in [0.717, 1.165) is 12.1 Å². The average molecular weight is 310 g/mol. The lowest BCUT2D eigenvalue weighted by Crippen LogP contribution is -2.09. The summed E-state index contributed by atoms with van der Waals surface area (Å²) in [4.78, 5) is -0.342. The average Bonchev–Trinajstić information content (AvgIpc) is 2.43. The molecule has 0 unspecified atom stereocenters. The molecular formula is C14H14O6S. The molecule has 0 aromatic heterocycles. The maximum atomic E-state index is 12.1. The standard InChI is InChI=1S/C14H14O6S/c15-10-2-4-12(17)14(8-10)21(19,20)6-5-9-1-3-11(16)13(18)7-9/h1-4,7-8,15-18H,5-6H2. The lowest BCUT2D eigenvalue weighted by molar-refractivity contribution is 0.403. The van der Waals surface area contributed by atoms with Crippen molar-refractivity contribution >= 4 is 9.84 Å². The highest BCUT2D eigenvalue weighted by molar-refractivity contribution is 7.91. The topological polar surface area (TPSA) is 115 Å². The van der Waals surface area contributed by atoms with Gasteiger partial charge in [0.1, 0.15) is 16.4 Å². The normalized spacial score (nSPS) is 11.4. The molecule has 2 aromatic carbocycles. The first-order valence-corrected chi connectivity index (χ1v) is 7.70. The van der Waals surface area contributed by atoms with Gasteiger partial charge in [-0.05, 0) is 36.2 Å². The molecule has 0 aliphatic heterocycles. The van der Waals surface area contributed by atoms with E-state index in [1.54, 1.807) is 0 Å². The Bertz CT molecular complexity index is 767. The Hall–Kier alpha value is -2.41. The fourth-order valence-corrected chi connectivity index (χ4v) is 3.25. The molecule has 7 heteroatoms. The third-order valence-corrected chi connectivity index (χ3v) is 4.72. The van der Waals surface area contributed by atoms with Crippen molar-refractivity contribution < 1.29 is 28.8 Å². The summed E-state index contributed by atoms with van der Waals surface area (Å²) in [5.41, 5.74) is 0.522. The second-order valence-electron chi connectivity index (χ2n) is 4.54.